The fourth-order valence-corrected chi connectivity index (χ4v) is 2.57. The quantitative estimate of drug-likeness (QED) is 0.312. The van der Waals surface area contributed by atoms with Gasteiger partial charge in [-0.05, 0) is 25.6 Å². The van der Waals surface area contributed by atoms with Crippen LogP contribution in [-0.4, -0.2) is 73.2 Å². The van der Waals surface area contributed by atoms with Gasteiger partial charge in [-0.2, -0.15) is 0 Å². The monoisotopic (exact) mass is 290 g/mol. The molecule has 110 valence electrons. The van der Waals surface area contributed by atoms with Crippen molar-refractivity contribution in [2.24, 2.45) is 11.0 Å². The molecule has 19 heavy (non-hydrogen) atoms. The van der Waals surface area contributed by atoms with Gasteiger partial charge in [0.1, 0.15) is 0 Å². The van der Waals surface area contributed by atoms with Gasteiger partial charge < -0.3 is 14.5 Å². The molecule has 7 nitrogen and oxygen atoms in total. The van der Waals surface area contributed by atoms with E-state index < -0.39 is 5.03 Å². The Hall–Kier alpha value is -0.860. The van der Waals surface area contributed by atoms with E-state index in [-0.39, 0.29) is 0 Å². The molecule has 0 bridgehead atoms. The topological polar surface area (TPSA) is 71.2 Å². The normalized spacial score (nSPS) is 20.0. The van der Waals surface area contributed by atoms with Crippen molar-refractivity contribution in [3.8, 4) is 0 Å². The fraction of sp³-hybridized carbons (Fsp3) is 0.909. The van der Waals surface area contributed by atoms with Crippen molar-refractivity contribution >= 4 is 16.9 Å². The minimum absolute atomic E-state index is 0.433. The molecule has 0 amide bonds. The molecule has 0 radical (unpaired) electrons. The van der Waals surface area contributed by atoms with Crippen molar-refractivity contribution in [3.05, 3.63) is 10.1 Å². The van der Waals surface area contributed by atoms with Gasteiger partial charge in [0.15, 0.2) is 5.03 Å². The highest BCUT2D eigenvalue weighted by molar-refractivity contribution is 8.13. The molecule has 1 aliphatic heterocycles. The first kappa shape index (κ1) is 16.2. The summed E-state index contributed by atoms with van der Waals surface area (Å²) in [6, 6.07) is 0. The van der Waals surface area contributed by atoms with E-state index in [4.69, 9.17) is 4.74 Å². The first-order valence-corrected chi connectivity index (χ1v) is 7.49. The second kappa shape index (κ2) is 8.34. The van der Waals surface area contributed by atoms with Crippen molar-refractivity contribution < 1.29 is 9.77 Å². The lowest BCUT2D eigenvalue weighted by atomic mass is 10.1. The summed E-state index contributed by atoms with van der Waals surface area (Å²) in [5.74, 6) is 0.614. The number of rotatable bonds is 6. The number of nitrogens with zero attached hydrogens (tertiary/aromatic N) is 4. The van der Waals surface area contributed by atoms with Crippen molar-refractivity contribution in [2.75, 3.05) is 53.2 Å². The lowest BCUT2D eigenvalue weighted by Gasteiger charge is -2.24. The van der Waals surface area contributed by atoms with Crippen LogP contribution in [0.3, 0.4) is 0 Å². The first-order chi connectivity index (χ1) is 9.02. The third-order valence-corrected chi connectivity index (χ3v) is 3.85. The van der Waals surface area contributed by atoms with Crippen molar-refractivity contribution in [3.63, 3.8) is 0 Å². The van der Waals surface area contributed by atoms with E-state index in [1.54, 1.807) is 6.26 Å². The average molecular weight is 290 g/mol. The summed E-state index contributed by atoms with van der Waals surface area (Å²) in [6.07, 6.45) is 2.91. The molecule has 0 saturated carbocycles. The number of thioether (sulfide) groups is 1. The van der Waals surface area contributed by atoms with Crippen molar-refractivity contribution in [1.29, 1.82) is 0 Å². The lowest BCUT2D eigenvalue weighted by molar-refractivity contribution is -0.485. The standard InChI is InChI=1S/C11H22N4O3S/c1-13(8-10-4-7-18-9-10)5-6-14(2)11(19-3)12-15(16)17/h10H,4-9H2,1-3H3. The van der Waals surface area contributed by atoms with Crippen LogP contribution in [0.5, 0.6) is 0 Å². The van der Waals surface area contributed by atoms with E-state index >= 15 is 0 Å². The van der Waals surface area contributed by atoms with Crippen LogP contribution >= 0.6 is 11.8 Å². The number of hydrazone groups is 1. The number of amidine groups is 1. The van der Waals surface area contributed by atoms with E-state index in [0.717, 1.165) is 39.3 Å². The van der Waals surface area contributed by atoms with Crippen LogP contribution in [0.15, 0.2) is 5.10 Å². The Bertz CT molecular complexity index is 321. The predicted molar refractivity (Wildman–Crippen MR) is 77.0 cm³/mol. The Balaban J connectivity index is 2.31. The van der Waals surface area contributed by atoms with Gasteiger partial charge in [0.05, 0.1) is 11.7 Å². The van der Waals surface area contributed by atoms with Gasteiger partial charge in [0.25, 0.3) is 0 Å². The maximum absolute atomic E-state index is 10.4. The summed E-state index contributed by atoms with van der Waals surface area (Å²) < 4.78 is 5.35. The SMILES string of the molecule is CSC(=N[N+](=O)[O-])N(C)CCN(C)CC1CCOC1. The van der Waals surface area contributed by atoms with Gasteiger partial charge >= 0.3 is 0 Å². The zero-order valence-electron chi connectivity index (χ0n) is 11.7. The number of hydrogen-bond acceptors (Lipinski definition) is 5. The molecule has 0 aromatic carbocycles. The molecule has 0 aromatic heterocycles. The minimum Gasteiger partial charge on any atom is -0.381 e. The summed E-state index contributed by atoms with van der Waals surface area (Å²) in [5.41, 5.74) is 0. The maximum Gasteiger partial charge on any atom is 0.237 e. The highest BCUT2D eigenvalue weighted by atomic mass is 32.2. The third kappa shape index (κ3) is 6.22. The van der Waals surface area contributed by atoms with Gasteiger partial charge in [0.2, 0.25) is 5.17 Å². The van der Waals surface area contributed by atoms with Crippen LogP contribution in [0.25, 0.3) is 0 Å². The Kier molecular flexibility index (Phi) is 7.11. The van der Waals surface area contributed by atoms with E-state index in [1.165, 1.54) is 11.8 Å². The molecule has 1 unspecified atom stereocenters. The second-order valence-corrected chi connectivity index (χ2v) is 5.51. The summed E-state index contributed by atoms with van der Waals surface area (Å²) in [6.45, 7) is 4.29. The fourth-order valence-electron chi connectivity index (χ4n) is 2.02. The molecule has 1 rings (SSSR count). The molecular weight excluding hydrogens is 268 g/mol. The van der Waals surface area contributed by atoms with Gasteiger partial charge in [-0.25, -0.2) is 10.1 Å². The Morgan fingerprint density at radius 3 is 2.79 bits per heavy atom. The maximum atomic E-state index is 10.4. The second-order valence-electron chi connectivity index (χ2n) is 4.74. The van der Waals surface area contributed by atoms with Crippen molar-refractivity contribution in [1.82, 2.24) is 9.80 Å². The molecule has 1 saturated heterocycles. The molecule has 0 aromatic rings. The van der Waals surface area contributed by atoms with Crippen LogP contribution in [-0.2, 0) is 4.74 Å². The van der Waals surface area contributed by atoms with Gasteiger partial charge in [-0.1, -0.05) is 11.8 Å². The van der Waals surface area contributed by atoms with Gasteiger partial charge in [0, 0.05) is 33.3 Å². The number of likely N-dealkylation sites (N-methyl/N-ethyl adjacent to an activating group) is 2. The molecule has 1 atom stereocenters. The minimum atomic E-state index is -0.651. The Morgan fingerprint density at radius 1 is 1.53 bits per heavy atom. The third-order valence-electron chi connectivity index (χ3n) is 3.09. The number of nitro groups is 1. The Morgan fingerprint density at radius 2 is 2.26 bits per heavy atom. The van der Waals surface area contributed by atoms with Gasteiger partial charge in [-0.3, -0.25) is 0 Å². The lowest BCUT2D eigenvalue weighted by Crippen LogP contribution is -2.36. The summed E-state index contributed by atoms with van der Waals surface area (Å²) in [5, 5.41) is 13.5. The number of hydrogen-bond donors (Lipinski definition) is 0. The summed E-state index contributed by atoms with van der Waals surface area (Å²) in [7, 11) is 3.89. The highest BCUT2D eigenvalue weighted by Crippen LogP contribution is 2.13. The molecule has 1 fully saturated rings. The molecule has 0 aliphatic carbocycles. The zero-order chi connectivity index (χ0) is 14.3. The van der Waals surface area contributed by atoms with Crippen LogP contribution in [0, 0.1) is 16.0 Å². The molecule has 1 heterocycles. The van der Waals surface area contributed by atoms with E-state index in [1.807, 2.05) is 11.9 Å². The zero-order valence-corrected chi connectivity index (χ0v) is 12.6. The average Bonchev–Trinajstić information content (AvgIpc) is 2.85. The van der Waals surface area contributed by atoms with E-state index in [0.29, 0.717) is 11.1 Å². The van der Waals surface area contributed by atoms with E-state index in [9.17, 15) is 10.1 Å². The van der Waals surface area contributed by atoms with E-state index in [2.05, 4.69) is 17.0 Å². The molecule has 8 heteroatoms. The predicted octanol–water partition coefficient (Wildman–Crippen LogP) is 0.797. The van der Waals surface area contributed by atoms with Crippen LogP contribution in [0.4, 0.5) is 0 Å². The van der Waals surface area contributed by atoms with Gasteiger partial charge in [-0.15, -0.1) is 0 Å². The summed E-state index contributed by atoms with van der Waals surface area (Å²) in [4.78, 5) is 14.4. The molecule has 1 aliphatic rings. The Labute approximate surface area is 118 Å². The smallest absolute Gasteiger partial charge is 0.237 e. The number of ether oxygens (including phenoxy) is 1. The molecule has 0 spiro atoms. The molecule has 0 N–H and O–H groups in total. The highest BCUT2D eigenvalue weighted by Gasteiger charge is 2.18. The van der Waals surface area contributed by atoms with Crippen molar-refractivity contribution in [2.45, 2.75) is 6.42 Å². The van der Waals surface area contributed by atoms with Crippen LogP contribution < -0.4 is 0 Å². The first-order valence-electron chi connectivity index (χ1n) is 6.27. The molecular formula is C11H22N4O3S. The van der Waals surface area contributed by atoms with Crippen LogP contribution in [0.2, 0.25) is 0 Å². The summed E-state index contributed by atoms with van der Waals surface area (Å²) >= 11 is 1.29. The van der Waals surface area contributed by atoms with Crippen LogP contribution in [0.1, 0.15) is 6.42 Å². The largest absolute Gasteiger partial charge is 0.381 e.